The van der Waals surface area contributed by atoms with Gasteiger partial charge in [-0.05, 0) is 23.1 Å². The highest BCUT2D eigenvalue weighted by molar-refractivity contribution is 5.10. The van der Waals surface area contributed by atoms with Gasteiger partial charge in [0.15, 0.2) is 0 Å². The molecule has 1 aromatic rings. The van der Waals surface area contributed by atoms with Crippen LogP contribution in [-0.4, -0.2) is 35.6 Å². The van der Waals surface area contributed by atoms with Crippen LogP contribution in [0.4, 0.5) is 0 Å². The molecule has 1 aliphatic heterocycles. The topological polar surface area (TPSA) is 52.0 Å². The average molecular weight is 258 g/mol. The number of nitriles is 1. The zero-order valence-corrected chi connectivity index (χ0v) is 11.8. The van der Waals surface area contributed by atoms with Gasteiger partial charge in [0.2, 0.25) is 0 Å². The summed E-state index contributed by atoms with van der Waals surface area (Å²) in [7, 11) is 0. The first-order valence-corrected chi connectivity index (χ1v) is 6.81. The lowest BCUT2D eigenvalue weighted by atomic mass is 9.93. The lowest BCUT2D eigenvalue weighted by Crippen LogP contribution is -2.40. The Bertz CT molecular complexity index is 435. The van der Waals surface area contributed by atoms with E-state index >= 15 is 0 Å². The first-order valence-electron chi connectivity index (χ1n) is 6.81. The second kappa shape index (κ2) is 6.14. The molecular weight excluding hydrogens is 236 g/mol. The van der Waals surface area contributed by atoms with Crippen LogP contribution in [-0.2, 0) is 6.54 Å². The van der Waals surface area contributed by atoms with Crippen LogP contribution in [0.15, 0.2) is 24.5 Å². The number of hydrogen-bond donors (Lipinski definition) is 1. The number of aromatic nitrogens is 1. The van der Waals surface area contributed by atoms with Crippen LogP contribution in [0.5, 0.6) is 0 Å². The van der Waals surface area contributed by atoms with E-state index in [4.69, 9.17) is 5.26 Å². The molecule has 102 valence electrons. The Kier molecular flexibility index (Phi) is 4.52. The van der Waals surface area contributed by atoms with Gasteiger partial charge in [0.1, 0.15) is 0 Å². The SMILES string of the molecule is CC1(C)CNCC(CC#N)N(Cc2ccncc2)C1. The molecule has 4 nitrogen and oxygen atoms in total. The van der Waals surface area contributed by atoms with Crippen molar-refractivity contribution >= 4 is 0 Å². The Labute approximate surface area is 115 Å². The van der Waals surface area contributed by atoms with Gasteiger partial charge < -0.3 is 5.32 Å². The quantitative estimate of drug-likeness (QED) is 0.898. The summed E-state index contributed by atoms with van der Waals surface area (Å²) in [4.78, 5) is 6.49. The van der Waals surface area contributed by atoms with Crippen LogP contribution in [0.3, 0.4) is 0 Å². The maximum atomic E-state index is 9.01. The van der Waals surface area contributed by atoms with Crippen molar-refractivity contribution in [3.05, 3.63) is 30.1 Å². The molecule has 0 amide bonds. The molecule has 0 bridgehead atoms. The van der Waals surface area contributed by atoms with Gasteiger partial charge in [0, 0.05) is 44.6 Å². The number of nitrogens with zero attached hydrogens (tertiary/aromatic N) is 3. The van der Waals surface area contributed by atoms with Gasteiger partial charge in [-0.3, -0.25) is 9.88 Å². The Morgan fingerprint density at radius 3 is 2.89 bits per heavy atom. The lowest BCUT2D eigenvalue weighted by molar-refractivity contribution is 0.150. The van der Waals surface area contributed by atoms with Gasteiger partial charge in [-0.15, -0.1) is 0 Å². The Hall–Kier alpha value is -1.44. The van der Waals surface area contributed by atoms with Gasteiger partial charge in [-0.25, -0.2) is 0 Å². The second-order valence-electron chi connectivity index (χ2n) is 6.07. The van der Waals surface area contributed by atoms with E-state index < -0.39 is 0 Å². The van der Waals surface area contributed by atoms with Crippen molar-refractivity contribution in [3.63, 3.8) is 0 Å². The number of hydrogen-bond acceptors (Lipinski definition) is 4. The molecule has 1 saturated heterocycles. The first-order chi connectivity index (χ1) is 9.11. The van der Waals surface area contributed by atoms with Crippen LogP contribution < -0.4 is 5.32 Å². The highest BCUT2D eigenvalue weighted by Crippen LogP contribution is 2.23. The third kappa shape index (κ3) is 4.02. The van der Waals surface area contributed by atoms with Crippen LogP contribution >= 0.6 is 0 Å². The summed E-state index contributed by atoms with van der Waals surface area (Å²) in [6.45, 7) is 8.33. The van der Waals surface area contributed by atoms with E-state index in [1.807, 2.05) is 12.4 Å². The monoisotopic (exact) mass is 258 g/mol. The summed E-state index contributed by atoms with van der Waals surface area (Å²) in [5.41, 5.74) is 1.49. The zero-order chi connectivity index (χ0) is 13.7. The minimum absolute atomic E-state index is 0.233. The van der Waals surface area contributed by atoms with Crippen molar-refractivity contribution < 1.29 is 0 Å². The molecule has 1 atom stereocenters. The third-order valence-corrected chi connectivity index (χ3v) is 3.59. The van der Waals surface area contributed by atoms with Crippen molar-refractivity contribution in [3.8, 4) is 6.07 Å². The van der Waals surface area contributed by atoms with E-state index in [1.54, 1.807) is 0 Å². The van der Waals surface area contributed by atoms with Gasteiger partial charge in [0.05, 0.1) is 12.5 Å². The van der Waals surface area contributed by atoms with Crippen molar-refractivity contribution in [1.29, 1.82) is 5.26 Å². The summed E-state index contributed by atoms with van der Waals surface area (Å²) in [5.74, 6) is 0. The summed E-state index contributed by atoms with van der Waals surface area (Å²) in [5, 5.41) is 12.5. The molecule has 0 spiro atoms. The van der Waals surface area contributed by atoms with Crippen LogP contribution in [0.25, 0.3) is 0 Å². The minimum Gasteiger partial charge on any atom is -0.315 e. The maximum absolute atomic E-state index is 9.01. The minimum atomic E-state index is 0.233. The highest BCUT2D eigenvalue weighted by Gasteiger charge is 2.30. The van der Waals surface area contributed by atoms with Crippen molar-refractivity contribution in [2.45, 2.75) is 32.9 Å². The number of rotatable bonds is 3. The van der Waals surface area contributed by atoms with Crippen LogP contribution in [0.1, 0.15) is 25.8 Å². The molecule has 1 aromatic heterocycles. The van der Waals surface area contributed by atoms with E-state index in [0.29, 0.717) is 12.5 Å². The van der Waals surface area contributed by atoms with Crippen molar-refractivity contribution in [2.75, 3.05) is 19.6 Å². The van der Waals surface area contributed by atoms with Crippen LogP contribution in [0, 0.1) is 16.7 Å². The predicted molar refractivity (Wildman–Crippen MR) is 75.3 cm³/mol. The largest absolute Gasteiger partial charge is 0.315 e. The van der Waals surface area contributed by atoms with Crippen molar-refractivity contribution in [2.24, 2.45) is 5.41 Å². The maximum Gasteiger partial charge on any atom is 0.0638 e. The van der Waals surface area contributed by atoms with Crippen LogP contribution in [0.2, 0.25) is 0 Å². The fourth-order valence-corrected chi connectivity index (χ4v) is 2.66. The molecule has 19 heavy (non-hydrogen) atoms. The Morgan fingerprint density at radius 1 is 1.47 bits per heavy atom. The Balaban J connectivity index is 2.13. The molecule has 1 unspecified atom stereocenters. The molecule has 1 N–H and O–H groups in total. The molecule has 1 fully saturated rings. The third-order valence-electron chi connectivity index (χ3n) is 3.59. The van der Waals surface area contributed by atoms with Crippen molar-refractivity contribution in [1.82, 2.24) is 15.2 Å². The molecular formula is C15H22N4. The Morgan fingerprint density at radius 2 is 2.21 bits per heavy atom. The smallest absolute Gasteiger partial charge is 0.0638 e. The van der Waals surface area contributed by atoms with Gasteiger partial charge in [0.25, 0.3) is 0 Å². The molecule has 4 heteroatoms. The number of nitrogens with one attached hydrogen (secondary N) is 1. The summed E-state index contributed by atoms with van der Waals surface area (Å²) < 4.78 is 0. The highest BCUT2D eigenvalue weighted by atomic mass is 15.2. The summed E-state index contributed by atoms with van der Waals surface area (Å²) in [6.07, 6.45) is 4.24. The van der Waals surface area contributed by atoms with E-state index in [1.165, 1.54) is 5.56 Å². The summed E-state index contributed by atoms with van der Waals surface area (Å²) in [6, 6.07) is 6.71. The van der Waals surface area contributed by atoms with Gasteiger partial charge >= 0.3 is 0 Å². The fourth-order valence-electron chi connectivity index (χ4n) is 2.66. The first kappa shape index (κ1) is 14.0. The average Bonchev–Trinajstić information content (AvgIpc) is 2.50. The lowest BCUT2D eigenvalue weighted by Gasteiger charge is -2.33. The van der Waals surface area contributed by atoms with E-state index in [2.05, 4.69) is 47.3 Å². The predicted octanol–water partition coefficient (Wildman–Crippen LogP) is 1.80. The van der Waals surface area contributed by atoms with E-state index in [-0.39, 0.29) is 5.41 Å². The zero-order valence-electron chi connectivity index (χ0n) is 11.8. The molecule has 2 heterocycles. The summed E-state index contributed by atoms with van der Waals surface area (Å²) >= 11 is 0. The van der Waals surface area contributed by atoms with Gasteiger partial charge in [-0.2, -0.15) is 5.26 Å². The molecule has 0 radical (unpaired) electrons. The standard InChI is InChI=1S/C15H22N4/c1-15(2)11-18-9-14(3-6-16)19(12-15)10-13-4-7-17-8-5-13/h4-5,7-8,14,18H,3,9-12H2,1-2H3. The molecule has 0 saturated carbocycles. The fraction of sp³-hybridized carbons (Fsp3) is 0.600. The van der Waals surface area contributed by atoms with E-state index in [0.717, 1.165) is 26.2 Å². The molecule has 0 aromatic carbocycles. The van der Waals surface area contributed by atoms with E-state index in [9.17, 15) is 0 Å². The second-order valence-corrected chi connectivity index (χ2v) is 6.07. The molecule has 0 aliphatic carbocycles. The number of pyridine rings is 1. The van der Waals surface area contributed by atoms with Gasteiger partial charge in [-0.1, -0.05) is 13.8 Å². The molecule has 2 rings (SSSR count). The normalized spacial score (nSPS) is 23.5. The molecule has 1 aliphatic rings.